The number of nitrogens with one attached hydrogen (secondary N) is 1. The van der Waals surface area contributed by atoms with E-state index in [4.69, 9.17) is 4.74 Å². The molecule has 5 heteroatoms. The van der Waals surface area contributed by atoms with Crippen molar-refractivity contribution in [3.8, 4) is 5.75 Å². The highest BCUT2D eigenvalue weighted by Crippen LogP contribution is 2.35. The summed E-state index contributed by atoms with van der Waals surface area (Å²) in [5.74, 6) is 3.23. The standard InChI is InChI=1S/C16H28N4O/c1-5-9-17-15-14(21-4)16(19-11-18-15)20(3)13-8-6-7-12(2)10-13/h11-13H,5-10H2,1-4H3,(H,17,18,19). The van der Waals surface area contributed by atoms with Crippen molar-refractivity contribution in [1.29, 1.82) is 0 Å². The maximum atomic E-state index is 5.58. The Kier molecular flexibility index (Phi) is 5.65. The van der Waals surface area contributed by atoms with Gasteiger partial charge in [0.05, 0.1) is 7.11 Å². The second-order valence-electron chi connectivity index (χ2n) is 6.04. The summed E-state index contributed by atoms with van der Waals surface area (Å²) in [6.45, 7) is 5.36. The van der Waals surface area contributed by atoms with Gasteiger partial charge in [-0.2, -0.15) is 0 Å². The smallest absolute Gasteiger partial charge is 0.204 e. The van der Waals surface area contributed by atoms with Crippen LogP contribution in [-0.4, -0.2) is 36.7 Å². The highest BCUT2D eigenvalue weighted by Gasteiger charge is 2.26. The van der Waals surface area contributed by atoms with Gasteiger partial charge in [0.15, 0.2) is 11.6 Å². The fourth-order valence-electron chi connectivity index (χ4n) is 3.10. The van der Waals surface area contributed by atoms with Gasteiger partial charge in [0, 0.05) is 19.6 Å². The third-order valence-electron chi connectivity index (χ3n) is 4.32. The largest absolute Gasteiger partial charge is 0.490 e. The molecule has 2 rings (SSSR count). The van der Waals surface area contributed by atoms with E-state index in [1.54, 1.807) is 13.4 Å². The third kappa shape index (κ3) is 3.77. The molecule has 5 nitrogen and oxygen atoms in total. The number of hydrogen-bond acceptors (Lipinski definition) is 5. The van der Waals surface area contributed by atoms with Gasteiger partial charge in [-0.3, -0.25) is 0 Å². The van der Waals surface area contributed by atoms with Gasteiger partial charge >= 0.3 is 0 Å². The van der Waals surface area contributed by atoms with Crippen LogP contribution in [0.2, 0.25) is 0 Å². The summed E-state index contributed by atoms with van der Waals surface area (Å²) in [5, 5.41) is 3.32. The van der Waals surface area contributed by atoms with E-state index in [-0.39, 0.29) is 0 Å². The molecule has 1 heterocycles. The van der Waals surface area contributed by atoms with Gasteiger partial charge in [0.1, 0.15) is 6.33 Å². The Morgan fingerprint density at radius 2 is 2.19 bits per heavy atom. The lowest BCUT2D eigenvalue weighted by Gasteiger charge is -2.35. The summed E-state index contributed by atoms with van der Waals surface area (Å²) < 4.78 is 5.58. The molecular formula is C16H28N4O. The first-order valence-electron chi connectivity index (χ1n) is 8.03. The first-order valence-corrected chi connectivity index (χ1v) is 8.03. The van der Waals surface area contributed by atoms with Crippen molar-refractivity contribution in [3.05, 3.63) is 6.33 Å². The molecule has 0 amide bonds. The minimum absolute atomic E-state index is 0.538. The molecule has 1 aliphatic rings. The van der Waals surface area contributed by atoms with Crippen molar-refractivity contribution in [2.45, 2.75) is 52.0 Å². The zero-order chi connectivity index (χ0) is 15.2. The Balaban J connectivity index is 2.21. The Morgan fingerprint density at radius 1 is 1.38 bits per heavy atom. The molecule has 1 aromatic heterocycles. The van der Waals surface area contributed by atoms with Gasteiger partial charge in [-0.05, 0) is 25.2 Å². The second kappa shape index (κ2) is 7.48. The lowest BCUT2D eigenvalue weighted by atomic mass is 9.86. The molecule has 1 fully saturated rings. The van der Waals surface area contributed by atoms with Crippen LogP contribution in [0.25, 0.3) is 0 Å². The van der Waals surface area contributed by atoms with Crippen LogP contribution in [0.3, 0.4) is 0 Å². The van der Waals surface area contributed by atoms with E-state index in [1.165, 1.54) is 25.7 Å². The van der Waals surface area contributed by atoms with Crippen molar-refractivity contribution in [3.63, 3.8) is 0 Å². The maximum Gasteiger partial charge on any atom is 0.204 e. The zero-order valence-corrected chi connectivity index (χ0v) is 13.7. The lowest BCUT2D eigenvalue weighted by molar-refractivity contribution is 0.332. The summed E-state index contributed by atoms with van der Waals surface area (Å²) in [6, 6.07) is 0.538. The Morgan fingerprint density at radius 3 is 2.86 bits per heavy atom. The number of ether oxygens (including phenoxy) is 1. The molecule has 0 saturated heterocycles. The number of nitrogens with zero attached hydrogens (tertiary/aromatic N) is 3. The first-order chi connectivity index (χ1) is 10.2. The monoisotopic (exact) mass is 292 g/mol. The van der Waals surface area contributed by atoms with Crippen molar-refractivity contribution in [1.82, 2.24) is 9.97 Å². The van der Waals surface area contributed by atoms with Gasteiger partial charge in [-0.15, -0.1) is 0 Å². The van der Waals surface area contributed by atoms with E-state index in [2.05, 4.69) is 41.1 Å². The topological polar surface area (TPSA) is 50.3 Å². The molecule has 1 saturated carbocycles. The van der Waals surface area contributed by atoms with Crippen LogP contribution in [0, 0.1) is 5.92 Å². The predicted octanol–water partition coefficient (Wildman–Crippen LogP) is 3.32. The van der Waals surface area contributed by atoms with E-state index in [1.807, 2.05) is 0 Å². The van der Waals surface area contributed by atoms with E-state index in [0.29, 0.717) is 6.04 Å². The number of hydrogen-bond donors (Lipinski definition) is 1. The van der Waals surface area contributed by atoms with Crippen LogP contribution in [0.1, 0.15) is 46.0 Å². The molecule has 118 valence electrons. The normalized spacial score (nSPS) is 21.9. The highest BCUT2D eigenvalue weighted by molar-refractivity contribution is 5.64. The predicted molar refractivity (Wildman–Crippen MR) is 87.2 cm³/mol. The second-order valence-corrected chi connectivity index (χ2v) is 6.04. The number of aromatic nitrogens is 2. The van der Waals surface area contributed by atoms with E-state index < -0.39 is 0 Å². The van der Waals surface area contributed by atoms with Gasteiger partial charge < -0.3 is 15.0 Å². The first kappa shape index (κ1) is 15.9. The molecule has 1 aliphatic carbocycles. The number of methoxy groups -OCH3 is 1. The summed E-state index contributed by atoms with van der Waals surface area (Å²) >= 11 is 0. The van der Waals surface area contributed by atoms with Gasteiger partial charge in [0.25, 0.3) is 0 Å². The van der Waals surface area contributed by atoms with Crippen LogP contribution >= 0.6 is 0 Å². The maximum absolute atomic E-state index is 5.58. The fraction of sp³-hybridized carbons (Fsp3) is 0.750. The lowest BCUT2D eigenvalue weighted by Crippen LogP contribution is -2.36. The summed E-state index contributed by atoms with van der Waals surface area (Å²) in [7, 11) is 3.81. The molecule has 0 aliphatic heterocycles. The van der Waals surface area contributed by atoms with Crippen molar-refractivity contribution in [2.24, 2.45) is 5.92 Å². The SMILES string of the molecule is CCCNc1ncnc(N(C)C2CCCC(C)C2)c1OC. The van der Waals surface area contributed by atoms with Crippen LogP contribution in [0.4, 0.5) is 11.6 Å². The van der Waals surface area contributed by atoms with Crippen LogP contribution in [-0.2, 0) is 0 Å². The zero-order valence-electron chi connectivity index (χ0n) is 13.7. The molecule has 0 spiro atoms. The van der Waals surface area contributed by atoms with Crippen molar-refractivity contribution < 1.29 is 4.74 Å². The van der Waals surface area contributed by atoms with Crippen molar-refractivity contribution >= 4 is 11.6 Å². The minimum atomic E-state index is 0.538. The molecule has 2 unspecified atom stereocenters. The Labute approximate surface area is 128 Å². The third-order valence-corrected chi connectivity index (χ3v) is 4.32. The highest BCUT2D eigenvalue weighted by atomic mass is 16.5. The van der Waals surface area contributed by atoms with E-state index >= 15 is 0 Å². The van der Waals surface area contributed by atoms with Crippen LogP contribution in [0.15, 0.2) is 6.33 Å². The van der Waals surface area contributed by atoms with Gasteiger partial charge in [0.2, 0.25) is 5.75 Å². The average molecular weight is 292 g/mol. The van der Waals surface area contributed by atoms with Gasteiger partial charge in [-0.25, -0.2) is 9.97 Å². The molecule has 0 radical (unpaired) electrons. The number of rotatable bonds is 6. The molecule has 21 heavy (non-hydrogen) atoms. The summed E-state index contributed by atoms with van der Waals surface area (Å²) in [4.78, 5) is 11.1. The molecule has 1 aromatic rings. The quantitative estimate of drug-likeness (QED) is 0.871. The average Bonchev–Trinajstić information content (AvgIpc) is 2.51. The molecule has 1 N–H and O–H groups in total. The van der Waals surface area contributed by atoms with E-state index in [0.717, 1.165) is 36.3 Å². The molecular weight excluding hydrogens is 264 g/mol. The fourth-order valence-corrected chi connectivity index (χ4v) is 3.10. The van der Waals surface area contributed by atoms with Crippen LogP contribution in [0.5, 0.6) is 5.75 Å². The van der Waals surface area contributed by atoms with E-state index in [9.17, 15) is 0 Å². The Hall–Kier alpha value is -1.52. The molecule has 0 bridgehead atoms. The molecule has 2 atom stereocenters. The van der Waals surface area contributed by atoms with Gasteiger partial charge in [-0.1, -0.05) is 26.7 Å². The minimum Gasteiger partial charge on any atom is -0.490 e. The Bertz CT molecular complexity index is 452. The van der Waals surface area contributed by atoms with Crippen LogP contribution < -0.4 is 15.0 Å². The molecule has 0 aromatic carbocycles. The number of anilines is 2. The summed E-state index contributed by atoms with van der Waals surface area (Å²) in [6.07, 6.45) is 7.77. The van der Waals surface area contributed by atoms with Crippen molar-refractivity contribution in [2.75, 3.05) is 30.9 Å². The summed E-state index contributed by atoms with van der Waals surface area (Å²) in [5.41, 5.74) is 0.